The van der Waals surface area contributed by atoms with E-state index in [2.05, 4.69) is 16.9 Å². The van der Waals surface area contributed by atoms with Crippen LogP contribution in [0.3, 0.4) is 0 Å². The van der Waals surface area contributed by atoms with Gasteiger partial charge in [0.2, 0.25) is 0 Å². The number of nitrogens with zero attached hydrogens (tertiary/aromatic N) is 6. The summed E-state index contributed by atoms with van der Waals surface area (Å²) >= 11 is 0. The van der Waals surface area contributed by atoms with Gasteiger partial charge < -0.3 is 38.5 Å². The number of carbonyl (C=O) groups is 8. The maximum atomic E-state index is 15.1. The second-order valence-electron chi connectivity index (χ2n) is 23.1. The number of likely N-dealkylation sites (N-methyl/N-ethyl adjacent to an activating group) is 4. The van der Waals surface area contributed by atoms with Crippen molar-refractivity contribution in [3.63, 3.8) is 0 Å². The highest BCUT2D eigenvalue weighted by Gasteiger charge is 2.43. The van der Waals surface area contributed by atoms with Crippen LogP contribution in [0, 0.1) is 35.5 Å². The Kier molecular flexibility index (Phi) is 24.0. The molecule has 4 amide bonds. The van der Waals surface area contributed by atoms with Crippen molar-refractivity contribution in [1.82, 2.24) is 29.4 Å². The van der Waals surface area contributed by atoms with Gasteiger partial charge in [-0.2, -0.15) is 5.10 Å². The van der Waals surface area contributed by atoms with Gasteiger partial charge in [-0.15, -0.1) is 0 Å². The van der Waals surface area contributed by atoms with E-state index in [0.29, 0.717) is 17.7 Å². The molecule has 0 spiro atoms. The highest BCUT2D eigenvalue weighted by molar-refractivity contribution is 5.94. The Hall–Kier alpha value is -7.81. The summed E-state index contributed by atoms with van der Waals surface area (Å²) in [5.41, 5.74) is 3.73. The standard InChI is InChI=1S/C64H84N6O12/c1-40(2)31-51-61(75)79-45(10)58(72)67(12)54(34-43(7)8)64(78)82-56(36-48-26-28-49(29-27-48)38-70-39-50(37-65-70)30-25-46-21-17-15-18-22-46)60(74)69(14)52(32-41(3)4)62(76)80-44(9)57(71)66(11)53(33-42(5)6)63(77)81-55(59(73)68(51)13)35-47-23-19-16-20-24-47/h15-24,26-29,37,39-45,51-56H,31-36,38H2,1-14H3/t44-,45-,51+,52+,53+,54+,55-,56-/m1/s1. The third-order valence-electron chi connectivity index (χ3n) is 14.3. The molecule has 4 aromatic rings. The van der Waals surface area contributed by atoms with E-state index in [1.165, 1.54) is 42.0 Å². The second-order valence-corrected chi connectivity index (χ2v) is 23.1. The van der Waals surface area contributed by atoms with Crippen LogP contribution in [0.1, 0.15) is 123 Å². The number of hydrogen-bond donors (Lipinski definition) is 0. The summed E-state index contributed by atoms with van der Waals surface area (Å²) in [6.45, 7) is 17.9. The van der Waals surface area contributed by atoms with E-state index in [4.69, 9.17) is 18.9 Å². The first kappa shape index (κ1) is 65.0. The number of hydrogen-bond acceptors (Lipinski definition) is 13. The van der Waals surface area contributed by atoms with Gasteiger partial charge in [-0.1, -0.05) is 140 Å². The molecular weight excluding hydrogens is 1040 g/mol. The van der Waals surface area contributed by atoms with Crippen LogP contribution in [-0.2, 0) is 76.7 Å². The molecule has 18 heteroatoms. The molecule has 1 aliphatic heterocycles. The summed E-state index contributed by atoms with van der Waals surface area (Å²) in [5, 5.41) is 4.48. The van der Waals surface area contributed by atoms with E-state index in [1.807, 2.05) is 104 Å². The molecule has 5 rings (SSSR count). The van der Waals surface area contributed by atoms with Gasteiger partial charge in [0, 0.05) is 52.8 Å². The lowest BCUT2D eigenvalue weighted by Gasteiger charge is -2.35. The van der Waals surface area contributed by atoms with Crippen molar-refractivity contribution in [1.29, 1.82) is 0 Å². The van der Waals surface area contributed by atoms with E-state index >= 15 is 4.79 Å². The minimum atomic E-state index is -1.55. The molecule has 2 heterocycles. The molecule has 0 radical (unpaired) electrons. The Bertz CT molecular complexity index is 2860. The summed E-state index contributed by atoms with van der Waals surface area (Å²) < 4.78 is 25.9. The number of carbonyl (C=O) groups excluding carboxylic acids is 8. The Morgan fingerprint density at radius 1 is 0.427 bits per heavy atom. The van der Waals surface area contributed by atoms with Crippen molar-refractivity contribution < 1.29 is 57.3 Å². The van der Waals surface area contributed by atoms with Gasteiger partial charge in [0.05, 0.1) is 18.3 Å². The molecule has 1 aromatic heterocycles. The normalized spacial score (nSPS) is 22.7. The van der Waals surface area contributed by atoms with Gasteiger partial charge in [0.25, 0.3) is 23.6 Å². The zero-order valence-corrected chi connectivity index (χ0v) is 50.2. The van der Waals surface area contributed by atoms with Gasteiger partial charge in [0.1, 0.15) is 24.2 Å². The van der Waals surface area contributed by atoms with E-state index in [9.17, 15) is 33.6 Å². The number of rotatable bonds is 14. The molecule has 1 saturated heterocycles. The minimum absolute atomic E-state index is 0.0790. The number of cyclic esters (lactones) is 4. The average Bonchev–Trinajstić information content (AvgIpc) is 3.98. The van der Waals surface area contributed by atoms with Crippen molar-refractivity contribution in [2.45, 2.75) is 163 Å². The van der Waals surface area contributed by atoms with Crippen molar-refractivity contribution in [3.05, 3.63) is 125 Å². The highest BCUT2D eigenvalue weighted by atomic mass is 16.6. The maximum Gasteiger partial charge on any atom is 0.329 e. The third kappa shape index (κ3) is 18.6. The van der Waals surface area contributed by atoms with Crippen LogP contribution in [0.5, 0.6) is 0 Å². The Labute approximate surface area is 484 Å². The molecule has 0 N–H and O–H groups in total. The lowest BCUT2D eigenvalue weighted by atomic mass is 9.99. The molecule has 18 nitrogen and oxygen atoms in total. The van der Waals surface area contributed by atoms with Gasteiger partial charge in [-0.3, -0.25) is 23.9 Å². The highest BCUT2D eigenvalue weighted by Crippen LogP contribution is 2.25. The van der Waals surface area contributed by atoms with Crippen LogP contribution in [-0.4, -0.2) is 154 Å². The van der Waals surface area contributed by atoms with E-state index < -0.39 is 96.1 Å². The van der Waals surface area contributed by atoms with Gasteiger partial charge in [-0.25, -0.2) is 19.2 Å². The molecule has 0 bridgehead atoms. The topological polar surface area (TPSA) is 204 Å². The fourth-order valence-electron chi connectivity index (χ4n) is 9.67. The van der Waals surface area contributed by atoms with Crippen LogP contribution in [0.25, 0.3) is 0 Å². The molecular formula is C64H84N6O12. The predicted octanol–water partition coefficient (Wildman–Crippen LogP) is 7.31. The van der Waals surface area contributed by atoms with Gasteiger partial charge >= 0.3 is 23.9 Å². The fourth-order valence-corrected chi connectivity index (χ4v) is 9.67. The molecule has 442 valence electrons. The number of aromatic nitrogens is 2. The van der Waals surface area contributed by atoms with Crippen molar-refractivity contribution in [2.24, 2.45) is 23.7 Å². The van der Waals surface area contributed by atoms with Crippen LogP contribution >= 0.6 is 0 Å². The fraction of sp³-hybridized carbons (Fsp3) is 0.516. The first-order valence-electron chi connectivity index (χ1n) is 28.3. The van der Waals surface area contributed by atoms with E-state index in [1.54, 1.807) is 53.3 Å². The molecule has 0 unspecified atom stereocenters. The zero-order valence-electron chi connectivity index (χ0n) is 50.2. The molecule has 82 heavy (non-hydrogen) atoms. The molecule has 1 aliphatic rings. The summed E-state index contributed by atoms with van der Waals surface area (Å²) in [7, 11) is 5.56. The van der Waals surface area contributed by atoms with E-state index in [0.717, 1.165) is 36.3 Å². The second kappa shape index (κ2) is 30.3. The molecule has 8 atom stereocenters. The lowest BCUT2D eigenvalue weighted by Crippen LogP contribution is -2.55. The zero-order chi connectivity index (χ0) is 60.5. The Morgan fingerprint density at radius 3 is 1.15 bits per heavy atom. The van der Waals surface area contributed by atoms with Gasteiger partial charge in [0.15, 0.2) is 24.4 Å². The maximum absolute atomic E-state index is 15.1. The predicted molar refractivity (Wildman–Crippen MR) is 309 cm³/mol. The molecule has 3 aromatic carbocycles. The largest absolute Gasteiger partial charge is 0.451 e. The van der Waals surface area contributed by atoms with Crippen molar-refractivity contribution in [3.8, 4) is 11.8 Å². The SMILES string of the molecule is CC(C)C[C@H]1C(=O)O[C@H](Cc2ccc(Cn3cc(C#Cc4ccccc4)cn3)cc2)C(=O)N(C)[C@@H](CC(C)C)C(=O)O[C@H](C)C(=O)N(C)[C@@H](CC(C)C)C(=O)O[C@H](Cc2ccccc2)C(=O)N(C)[C@@H](CC(C)C)C(=O)O[C@H](C)C(=O)N1C. The third-order valence-corrected chi connectivity index (χ3v) is 14.3. The molecule has 0 aliphatic carbocycles. The van der Waals surface area contributed by atoms with Crippen LogP contribution < -0.4 is 0 Å². The average molecular weight is 1130 g/mol. The quantitative estimate of drug-likeness (QED) is 0.0691. The first-order chi connectivity index (χ1) is 38.7. The molecule has 1 fully saturated rings. The molecule has 0 saturated carbocycles. The van der Waals surface area contributed by atoms with Crippen molar-refractivity contribution in [2.75, 3.05) is 28.2 Å². The number of esters is 4. The summed E-state index contributed by atoms with van der Waals surface area (Å²) in [4.78, 5) is 121. The first-order valence-corrected chi connectivity index (χ1v) is 28.3. The van der Waals surface area contributed by atoms with Crippen molar-refractivity contribution >= 4 is 47.5 Å². The van der Waals surface area contributed by atoms with E-state index in [-0.39, 0.29) is 62.2 Å². The van der Waals surface area contributed by atoms with Crippen LogP contribution in [0.4, 0.5) is 0 Å². The minimum Gasteiger partial charge on any atom is -0.451 e. The Morgan fingerprint density at radius 2 is 0.756 bits per heavy atom. The summed E-state index contributed by atoms with van der Waals surface area (Å²) in [6, 6.07) is 20.7. The monoisotopic (exact) mass is 1130 g/mol. The summed E-state index contributed by atoms with van der Waals surface area (Å²) in [6.07, 6.45) is -2.37. The summed E-state index contributed by atoms with van der Waals surface area (Å²) in [5.74, 6) is -1.12. The number of ether oxygens (including phenoxy) is 4. The smallest absolute Gasteiger partial charge is 0.329 e. The van der Waals surface area contributed by atoms with Crippen LogP contribution in [0.15, 0.2) is 97.3 Å². The lowest BCUT2D eigenvalue weighted by molar-refractivity contribution is -0.176. The number of amides is 4. The van der Waals surface area contributed by atoms with Gasteiger partial charge in [-0.05, 0) is 92.0 Å². The Balaban J connectivity index is 1.56. The number of benzene rings is 3. The van der Waals surface area contributed by atoms with Crippen LogP contribution in [0.2, 0.25) is 0 Å².